The Labute approximate surface area is 94.1 Å². The first-order valence-electron chi connectivity index (χ1n) is 5.05. The molecular formula is C13H13NO2. The van der Waals surface area contributed by atoms with E-state index in [1.54, 1.807) is 37.6 Å². The lowest BCUT2D eigenvalue weighted by Gasteiger charge is -2.06. The fraction of sp³-hybridized carbons (Fsp3) is 0.154. The van der Waals surface area contributed by atoms with Crippen molar-refractivity contribution >= 4 is 5.78 Å². The van der Waals surface area contributed by atoms with Gasteiger partial charge in [0, 0.05) is 11.8 Å². The molecule has 1 heterocycles. The van der Waals surface area contributed by atoms with Gasteiger partial charge in [-0.25, -0.2) is 0 Å². The Hall–Kier alpha value is -2.03. The first kappa shape index (κ1) is 10.5. The second-order valence-electron chi connectivity index (χ2n) is 3.60. The van der Waals surface area contributed by atoms with E-state index >= 15 is 0 Å². The number of hydrogen-bond acceptors (Lipinski definition) is 2. The van der Waals surface area contributed by atoms with Gasteiger partial charge in [0.05, 0.1) is 12.8 Å². The van der Waals surface area contributed by atoms with Gasteiger partial charge in [-0.1, -0.05) is 12.1 Å². The third kappa shape index (κ3) is 1.84. The molecule has 0 bridgehead atoms. The maximum absolute atomic E-state index is 12.0. The molecule has 3 nitrogen and oxygen atoms in total. The van der Waals surface area contributed by atoms with Crippen LogP contribution in [-0.4, -0.2) is 17.9 Å². The third-order valence-electron chi connectivity index (χ3n) is 2.51. The molecule has 0 amide bonds. The van der Waals surface area contributed by atoms with Crippen LogP contribution in [0.25, 0.3) is 0 Å². The summed E-state index contributed by atoms with van der Waals surface area (Å²) < 4.78 is 5.19. The van der Waals surface area contributed by atoms with Crippen LogP contribution in [0.15, 0.2) is 36.5 Å². The quantitative estimate of drug-likeness (QED) is 0.799. The number of hydrogen-bond donors (Lipinski definition) is 1. The van der Waals surface area contributed by atoms with E-state index in [-0.39, 0.29) is 5.78 Å². The number of benzene rings is 1. The molecule has 1 N–H and O–H groups in total. The SMILES string of the molecule is COc1cc(C(=O)c2ccc[nH]2)ccc1C. The normalized spacial score (nSPS) is 10.1. The van der Waals surface area contributed by atoms with Crippen molar-refractivity contribution in [3.8, 4) is 5.75 Å². The number of nitrogens with one attached hydrogen (secondary N) is 1. The van der Waals surface area contributed by atoms with Crippen LogP contribution in [-0.2, 0) is 0 Å². The molecule has 16 heavy (non-hydrogen) atoms. The van der Waals surface area contributed by atoms with Gasteiger partial charge in [-0.15, -0.1) is 0 Å². The number of aryl methyl sites for hydroxylation is 1. The molecule has 0 aliphatic carbocycles. The molecule has 1 aromatic heterocycles. The Balaban J connectivity index is 2.38. The minimum atomic E-state index is -0.0247. The zero-order chi connectivity index (χ0) is 11.5. The number of methoxy groups -OCH3 is 1. The molecule has 2 rings (SSSR count). The van der Waals surface area contributed by atoms with E-state index < -0.39 is 0 Å². The van der Waals surface area contributed by atoms with E-state index in [9.17, 15) is 4.79 Å². The molecule has 0 aliphatic rings. The summed E-state index contributed by atoms with van der Waals surface area (Å²) in [6, 6.07) is 9.02. The predicted molar refractivity (Wildman–Crippen MR) is 62.0 cm³/mol. The largest absolute Gasteiger partial charge is 0.496 e. The minimum Gasteiger partial charge on any atom is -0.496 e. The molecule has 0 unspecified atom stereocenters. The van der Waals surface area contributed by atoms with E-state index in [4.69, 9.17) is 4.74 Å². The molecule has 0 spiro atoms. The lowest BCUT2D eigenvalue weighted by Crippen LogP contribution is -2.02. The van der Waals surface area contributed by atoms with Crippen molar-refractivity contribution in [2.75, 3.05) is 7.11 Å². The standard InChI is InChI=1S/C13H13NO2/c1-9-5-6-10(8-12(9)16-2)13(15)11-4-3-7-14-11/h3-8,14H,1-2H3. The Morgan fingerprint density at radius 2 is 2.12 bits per heavy atom. The molecular weight excluding hydrogens is 202 g/mol. The second-order valence-corrected chi connectivity index (χ2v) is 3.60. The highest BCUT2D eigenvalue weighted by Gasteiger charge is 2.11. The summed E-state index contributed by atoms with van der Waals surface area (Å²) in [7, 11) is 1.60. The van der Waals surface area contributed by atoms with Gasteiger partial charge in [-0.05, 0) is 30.7 Å². The van der Waals surface area contributed by atoms with Crippen LogP contribution < -0.4 is 4.74 Å². The molecule has 0 radical (unpaired) electrons. The van der Waals surface area contributed by atoms with Crippen LogP contribution in [0.5, 0.6) is 5.75 Å². The summed E-state index contributed by atoms with van der Waals surface area (Å²) in [5.41, 5.74) is 2.24. The Morgan fingerprint density at radius 1 is 1.31 bits per heavy atom. The van der Waals surface area contributed by atoms with E-state index in [2.05, 4.69) is 4.98 Å². The van der Waals surface area contributed by atoms with Gasteiger partial charge in [0.15, 0.2) is 0 Å². The van der Waals surface area contributed by atoms with Crippen LogP contribution in [0.1, 0.15) is 21.6 Å². The fourth-order valence-corrected chi connectivity index (χ4v) is 1.59. The number of H-pyrrole nitrogens is 1. The maximum atomic E-state index is 12.0. The number of aromatic nitrogens is 1. The molecule has 82 valence electrons. The van der Waals surface area contributed by atoms with Crippen LogP contribution >= 0.6 is 0 Å². The molecule has 0 saturated carbocycles. The number of rotatable bonds is 3. The minimum absolute atomic E-state index is 0.0247. The summed E-state index contributed by atoms with van der Waals surface area (Å²) in [6.07, 6.45) is 1.73. The first-order valence-corrected chi connectivity index (χ1v) is 5.05. The van der Waals surface area contributed by atoms with Crippen molar-refractivity contribution in [3.63, 3.8) is 0 Å². The average Bonchev–Trinajstić information content (AvgIpc) is 2.82. The Bertz CT molecular complexity index is 501. The van der Waals surface area contributed by atoms with Crippen LogP contribution in [0.3, 0.4) is 0 Å². The third-order valence-corrected chi connectivity index (χ3v) is 2.51. The first-order chi connectivity index (χ1) is 7.72. The van der Waals surface area contributed by atoms with E-state index in [0.29, 0.717) is 11.3 Å². The summed E-state index contributed by atoms with van der Waals surface area (Å²) in [4.78, 5) is 14.9. The predicted octanol–water partition coefficient (Wildman–Crippen LogP) is 2.56. The van der Waals surface area contributed by atoms with E-state index in [1.807, 2.05) is 13.0 Å². The smallest absolute Gasteiger partial charge is 0.209 e. The molecule has 0 aliphatic heterocycles. The lowest BCUT2D eigenvalue weighted by atomic mass is 10.1. The van der Waals surface area contributed by atoms with Crippen molar-refractivity contribution in [2.45, 2.75) is 6.92 Å². The summed E-state index contributed by atoms with van der Waals surface area (Å²) in [5.74, 6) is 0.709. The average molecular weight is 215 g/mol. The van der Waals surface area contributed by atoms with Crippen LogP contribution in [0, 0.1) is 6.92 Å². The number of carbonyl (C=O) groups excluding carboxylic acids is 1. The summed E-state index contributed by atoms with van der Waals surface area (Å²) in [6.45, 7) is 1.95. The van der Waals surface area contributed by atoms with Crippen LogP contribution in [0.4, 0.5) is 0 Å². The number of ether oxygens (including phenoxy) is 1. The maximum Gasteiger partial charge on any atom is 0.209 e. The van der Waals surface area contributed by atoms with Gasteiger partial charge in [-0.2, -0.15) is 0 Å². The van der Waals surface area contributed by atoms with Gasteiger partial charge in [0.25, 0.3) is 0 Å². The molecule has 1 aromatic carbocycles. The monoisotopic (exact) mass is 215 g/mol. The van der Waals surface area contributed by atoms with Crippen molar-refractivity contribution in [3.05, 3.63) is 53.3 Å². The second kappa shape index (κ2) is 4.23. The number of ketones is 1. The Kier molecular flexibility index (Phi) is 2.77. The van der Waals surface area contributed by atoms with Crippen LogP contribution in [0.2, 0.25) is 0 Å². The molecule has 0 atom stereocenters. The number of carbonyl (C=O) groups is 1. The highest BCUT2D eigenvalue weighted by Crippen LogP contribution is 2.20. The molecule has 2 aromatic rings. The van der Waals surface area contributed by atoms with Crippen molar-refractivity contribution in [2.24, 2.45) is 0 Å². The van der Waals surface area contributed by atoms with Gasteiger partial charge in [-0.3, -0.25) is 4.79 Å². The van der Waals surface area contributed by atoms with Gasteiger partial charge >= 0.3 is 0 Å². The topological polar surface area (TPSA) is 42.1 Å². The van der Waals surface area contributed by atoms with Gasteiger partial charge < -0.3 is 9.72 Å². The van der Waals surface area contributed by atoms with Crippen molar-refractivity contribution in [1.82, 2.24) is 4.98 Å². The number of aromatic amines is 1. The highest BCUT2D eigenvalue weighted by molar-refractivity contribution is 6.08. The van der Waals surface area contributed by atoms with Gasteiger partial charge in [0.1, 0.15) is 5.75 Å². The molecule has 0 saturated heterocycles. The molecule has 3 heteroatoms. The zero-order valence-corrected chi connectivity index (χ0v) is 9.28. The summed E-state index contributed by atoms with van der Waals surface area (Å²) in [5, 5.41) is 0. The van der Waals surface area contributed by atoms with Gasteiger partial charge in [0.2, 0.25) is 5.78 Å². The molecule has 0 fully saturated rings. The highest BCUT2D eigenvalue weighted by atomic mass is 16.5. The van der Waals surface area contributed by atoms with E-state index in [1.165, 1.54) is 0 Å². The Morgan fingerprint density at radius 3 is 2.75 bits per heavy atom. The zero-order valence-electron chi connectivity index (χ0n) is 9.28. The fourth-order valence-electron chi connectivity index (χ4n) is 1.59. The summed E-state index contributed by atoms with van der Waals surface area (Å²) >= 11 is 0. The van der Waals surface area contributed by atoms with Crippen molar-refractivity contribution in [1.29, 1.82) is 0 Å². The van der Waals surface area contributed by atoms with E-state index in [0.717, 1.165) is 11.3 Å². The lowest BCUT2D eigenvalue weighted by molar-refractivity contribution is 0.103. The van der Waals surface area contributed by atoms with Crippen molar-refractivity contribution < 1.29 is 9.53 Å².